The molecule has 0 saturated carbocycles. The van der Waals surface area contributed by atoms with E-state index in [1.807, 2.05) is 36.1 Å². The predicted octanol–water partition coefficient (Wildman–Crippen LogP) is 5.88. The molecule has 0 atom stereocenters. The molecular weight excluding hydrogens is 396 g/mol. The Hall–Kier alpha value is -3.11. The van der Waals surface area contributed by atoms with E-state index in [4.69, 9.17) is 11.6 Å². The van der Waals surface area contributed by atoms with Gasteiger partial charge in [0.15, 0.2) is 0 Å². The van der Waals surface area contributed by atoms with Gasteiger partial charge >= 0.3 is 0 Å². The normalized spacial score (nSPS) is 13.3. The molecule has 0 bridgehead atoms. The molecule has 0 saturated heterocycles. The first-order valence-corrected chi connectivity index (χ1v) is 10.5. The Morgan fingerprint density at radius 3 is 2.50 bits per heavy atom. The number of nitrogens with one attached hydrogen (secondary N) is 1. The van der Waals surface area contributed by atoms with Gasteiger partial charge in [-0.15, -0.1) is 0 Å². The molecule has 1 aliphatic heterocycles. The molecule has 30 heavy (non-hydrogen) atoms. The smallest absolute Gasteiger partial charge is 0.258 e. The third-order valence-corrected chi connectivity index (χ3v) is 5.77. The van der Waals surface area contributed by atoms with Crippen LogP contribution in [0, 0.1) is 6.92 Å². The molecule has 2 amide bonds. The minimum Gasteiger partial charge on any atom is -0.322 e. The fourth-order valence-electron chi connectivity index (χ4n) is 3.87. The number of nitrogens with zero attached hydrogens (tertiary/aromatic N) is 1. The van der Waals surface area contributed by atoms with Gasteiger partial charge in [0, 0.05) is 23.5 Å². The van der Waals surface area contributed by atoms with Crippen molar-refractivity contribution in [2.24, 2.45) is 0 Å². The van der Waals surface area contributed by atoms with E-state index in [9.17, 15) is 9.59 Å². The zero-order valence-electron chi connectivity index (χ0n) is 16.8. The highest BCUT2D eigenvalue weighted by molar-refractivity contribution is 6.34. The molecule has 0 aromatic heterocycles. The maximum absolute atomic E-state index is 13.4. The Morgan fingerprint density at radius 1 is 0.933 bits per heavy atom. The Labute approximate surface area is 181 Å². The van der Waals surface area contributed by atoms with E-state index in [0.717, 1.165) is 30.5 Å². The van der Waals surface area contributed by atoms with Crippen LogP contribution in [0.2, 0.25) is 5.02 Å². The van der Waals surface area contributed by atoms with Crippen molar-refractivity contribution < 1.29 is 9.59 Å². The highest BCUT2D eigenvalue weighted by atomic mass is 35.5. The van der Waals surface area contributed by atoms with Crippen LogP contribution in [0.5, 0.6) is 0 Å². The molecule has 0 aliphatic carbocycles. The van der Waals surface area contributed by atoms with Crippen LogP contribution in [0.3, 0.4) is 0 Å². The van der Waals surface area contributed by atoms with E-state index in [1.165, 1.54) is 5.56 Å². The average Bonchev–Trinajstić information content (AvgIpc) is 2.96. The quantitative estimate of drug-likeness (QED) is 0.577. The van der Waals surface area contributed by atoms with E-state index in [1.54, 1.807) is 36.4 Å². The summed E-state index contributed by atoms with van der Waals surface area (Å²) in [4.78, 5) is 27.8. The fourth-order valence-corrected chi connectivity index (χ4v) is 4.09. The second-order valence-corrected chi connectivity index (χ2v) is 7.91. The first kappa shape index (κ1) is 20.2. The first-order valence-electron chi connectivity index (χ1n) is 10.1. The van der Waals surface area contributed by atoms with Crippen molar-refractivity contribution in [1.29, 1.82) is 0 Å². The molecule has 5 heteroatoms. The van der Waals surface area contributed by atoms with E-state index in [2.05, 4.69) is 11.4 Å². The van der Waals surface area contributed by atoms with Crippen molar-refractivity contribution >= 4 is 34.8 Å². The lowest BCUT2D eigenvalue weighted by atomic mass is 10.0. The number of carbonyl (C=O) groups is 2. The Balaban J connectivity index is 1.57. The summed E-state index contributed by atoms with van der Waals surface area (Å²) in [5.41, 5.74) is 4.71. The van der Waals surface area contributed by atoms with Crippen molar-refractivity contribution in [2.75, 3.05) is 16.8 Å². The minimum absolute atomic E-state index is 0.00849. The molecule has 0 spiro atoms. The van der Waals surface area contributed by atoms with Gasteiger partial charge in [-0.2, -0.15) is 0 Å². The number of amides is 2. The van der Waals surface area contributed by atoms with Gasteiger partial charge in [-0.25, -0.2) is 0 Å². The molecule has 1 aliphatic rings. The van der Waals surface area contributed by atoms with Gasteiger partial charge in [0.25, 0.3) is 11.8 Å². The van der Waals surface area contributed by atoms with Gasteiger partial charge in [-0.3, -0.25) is 9.59 Å². The van der Waals surface area contributed by atoms with E-state index in [-0.39, 0.29) is 11.8 Å². The van der Waals surface area contributed by atoms with Crippen LogP contribution < -0.4 is 10.2 Å². The van der Waals surface area contributed by atoms with Crippen molar-refractivity contribution in [1.82, 2.24) is 0 Å². The summed E-state index contributed by atoms with van der Waals surface area (Å²) >= 11 is 6.11. The molecule has 0 fully saturated rings. The molecule has 1 N–H and O–H groups in total. The lowest BCUT2D eigenvalue weighted by Crippen LogP contribution is -2.32. The van der Waals surface area contributed by atoms with Crippen LogP contribution >= 0.6 is 11.6 Å². The molecule has 3 aromatic carbocycles. The van der Waals surface area contributed by atoms with Crippen LogP contribution in [0.1, 0.15) is 44.7 Å². The number of aryl methyl sites for hydroxylation is 2. The van der Waals surface area contributed by atoms with Gasteiger partial charge in [-0.1, -0.05) is 41.9 Å². The Kier molecular flexibility index (Phi) is 5.86. The molecule has 0 radical (unpaired) electrons. The summed E-state index contributed by atoms with van der Waals surface area (Å²) in [7, 11) is 0. The number of hydrogen-bond donors (Lipinski definition) is 1. The second kappa shape index (κ2) is 8.72. The highest BCUT2D eigenvalue weighted by Gasteiger charge is 2.23. The highest BCUT2D eigenvalue weighted by Crippen LogP contribution is 2.29. The lowest BCUT2D eigenvalue weighted by molar-refractivity contribution is 0.0985. The number of fused-ring (bicyclic) bond motifs is 1. The van der Waals surface area contributed by atoms with E-state index < -0.39 is 0 Å². The SMILES string of the molecule is Cc1cc(NC(=O)c2ccccc2Cl)ccc1C(=O)N1CCCCc2ccccc21. The summed E-state index contributed by atoms with van der Waals surface area (Å²) in [6, 6.07) is 20.4. The van der Waals surface area contributed by atoms with Crippen molar-refractivity contribution in [3.8, 4) is 0 Å². The maximum Gasteiger partial charge on any atom is 0.258 e. The summed E-state index contributed by atoms with van der Waals surface area (Å²) < 4.78 is 0. The standard InChI is InChI=1S/C25H23ClN2O2/c1-17-16-19(27-24(29)21-10-3-4-11-22(21)26)13-14-20(17)25(30)28-15-7-6-9-18-8-2-5-12-23(18)28/h2-5,8,10-14,16H,6-7,9,15H2,1H3,(H,27,29). The molecule has 3 aromatic rings. The van der Waals surface area contributed by atoms with Crippen LogP contribution in [0.15, 0.2) is 66.7 Å². The van der Waals surface area contributed by atoms with Crippen LogP contribution in [0.25, 0.3) is 0 Å². The fraction of sp³-hybridized carbons (Fsp3) is 0.200. The lowest BCUT2D eigenvalue weighted by Gasteiger charge is -2.24. The number of benzene rings is 3. The summed E-state index contributed by atoms with van der Waals surface area (Å²) in [5.74, 6) is -0.286. The molecule has 1 heterocycles. The van der Waals surface area contributed by atoms with Gasteiger partial charge in [0.05, 0.1) is 10.6 Å². The number of halogens is 1. The third-order valence-electron chi connectivity index (χ3n) is 5.44. The predicted molar refractivity (Wildman–Crippen MR) is 122 cm³/mol. The number of anilines is 2. The number of carbonyl (C=O) groups excluding carboxylic acids is 2. The van der Waals surface area contributed by atoms with E-state index >= 15 is 0 Å². The molecule has 4 rings (SSSR count). The largest absolute Gasteiger partial charge is 0.322 e. The van der Waals surface area contributed by atoms with Gasteiger partial charge in [-0.05, 0) is 73.7 Å². The van der Waals surface area contributed by atoms with Crippen LogP contribution in [-0.4, -0.2) is 18.4 Å². The van der Waals surface area contributed by atoms with Gasteiger partial charge in [0.2, 0.25) is 0 Å². The van der Waals surface area contributed by atoms with Crippen molar-refractivity contribution in [3.05, 3.63) is 94.0 Å². The summed E-state index contributed by atoms with van der Waals surface area (Å²) in [6.07, 6.45) is 3.05. The maximum atomic E-state index is 13.4. The summed E-state index contributed by atoms with van der Waals surface area (Å²) in [6.45, 7) is 2.60. The zero-order valence-corrected chi connectivity index (χ0v) is 17.6. The topological polar surface area (TPSA) is 49.4 Å². The Morgan fingerprint density at radius 2 is 1.70 bits per heavy atom. The number of rotatable bonds is 3. The number of para-hydroxylation sites is 1. The van der Waals surface area contributed by atoms with Crippen LogP contribution in [-0.2, 0) is 6.42 Å². The van der Waals surface area contributed by atoms with Crippen molar-refractivity contribution in [3.63, 3.8) is 0 Å². The van der Waals surface area contributed by atoms with Crippen molar-refractivity contribution in [2.45, 2.75) is 26.2 Å². The van der Waals surface area contributed by atoms with Crippen LogP contribution in [0.4, 0.5) is 11.4 Å². The second-order valence-electron chi connectivity index (χ2n) is 7.51. The average molecular weight is 419 g/mol. The summed E-state index contributed by atoms with van der Waals surface area (Å²) in [5, 5.41) is 3.26. The van der Waals surface area contributed by atoms with E-state index in [0.29, 0.717) is 28.4 Å². The third kappa shape index (κ3) is 4.10. The molecule has 4 nitrogen and oxygen atoms in total. The Bertz CT molecular complexity index is 1110. The molecular formula is C25H23ClN2O2. The van der Waals surface area contributed by atoms with Gasteiger partial charge < -0.3 is 10.2 Å². The zero-order chi connectivity index (χ0) is 21.1. The number of hydrogen-bond acceptors (Lipinski definition) is 2. The molecule has 152 valence electrons. The van der Waals surface area contributed by atoms with Gasteiger partial charge in [0.1, 0.15) is 0 Å². The molecule has 0 unspecified atom stereocenters. The minimum atomic E-state index is -0.277. The first-order chi connectivity index (χ1) is 14.5. The monoisotopic (exact) mass is 418 g/mol.